The highest BCUT2D eigenvalue weighted by molar-refractivity contribution is 5.17. The molecule has 0 aliphatic carbocycles. The molecular formula is C16H27N5. The first-order valence-electron chi connectivity index (χ1n) is 7.80. The van der Waals surface area contributed by atoms with Gasteiger partial charge in [0.25, 0.3) is 0 Å². The molecule has 2 heterocycles. The van der Waals surface area contributed by atoms with Crippen molar-refractivity contribution in [1.82, 2.24) is 24.6 Å². The Kier molecular flexibility index (Phi) is 5.17. The van der Waals surface area contributed by atoms with Crippen LogP contribution in [0.2, 0.25) is 0 Å². The van der Waals surface area contributed by atoms with Gasteiger partial charge in [-0.15, -0.1) is 0 Å². The standard InChI is InChI=1S/C16H27N5/c1-6-17-16(12(2)3)14-7-8-20(9-14)10-15-18-11-19-21(15)13(4)5/h7-9,11-13,16-17H,6,10H2,1-5H3. The third-order valence-corrected chi connectivity index (χ3v) is 3.68. The Labute approximate surface area is 127 Å². The Hall–Kier alpha value is -1.62. The van der Waals surface area contributed by atoms with Gasteiger partial charge in [-0.25, -0.2) is 9.67 Å². The van der Waals surface area contributed by atoms with Crippen LogP contribution in [0.3, 0.4) is 0 Å². The lowest BCUT2D eigenvalue weighted by atomic mass is 9.98. The van der Waals surface area contributed by atoms with Gasteiger partial charge in [0.15, 0.2) is 0 Å². The van der Waals surface area contributed by atoms with Crippen molar-refractivity contribution < 1.29 is 0 Å². The minimum absolute atomic E-state index is 0.336. The van der Waals surface area contributed by atoms with Crippen LogP contribution in [0.15, 0.2) is 24.8 Å². The molecule has 0 aliphatic rings. The summed E-state index contributed by atoms with van der Waals surface area (Å²) in [6.07, 6.45) is 5.98. The molecule has 0 amide bonds. The number of nitrogens with one attached hydrogen (secondary N) is 1. The quantitative estimate of drug-likeness (QED) is 0.852. The van der Waals surface area contributed by atoms with Crippen molar-refractivity contribution in [2.45, 2.75) is 53.2 Å². The van der Waals surface area contributed by atoms with Crippen molar-refractivity contribution in [2.24, 2.45) is 5.92 Å². The van der Waals surface area contributed by atoms with Gasteiger partial charge in [0.2, 0.25) is 0 Å². The monoisotopic (exact) mass is 289 g/mol. The Bertz CT molecular complexity index is 553. The lowest BCUT2D eigenvalue weighted by molar-refractivity contribution is 0.421. The maximum Gasteiger partial charge on any atom is 0.147 e. The molecule has 2 rings (SSSR count). The molecular weight excluding hydrogens is 262 g/mol. The van der Waals surface area contributed by atoms with Crippen molar-refractivity contribution in [1.29, 1.82) is 0 Å². The van der Waals surface area contributed by atoms with Crippen LogP contribution in [0.5, 0.6) is 0 Å². The van der Waals surface area contributed by atoms with Gasteiger partial charge in [0.05, 0.1) is 6.54 Å². The molecule has 2 aromatic heterocycles. The van der Waals surface area contributed by atoms with Gasteiger partial charge < -0.3 is 9.88 Å². The second-order valence-electron chi connectivity index (χ2n) is 6.11. The molecule has 21 heavy (non-hydrogen) atoms. The zero-order valence-corrected chi connectivity index (χ0v) is 13.7. The summed E-state index contributed by atoms with van der Waals surface area (Å²) in [5.41, 5.74) is 1.34. The van der Waals surface area contributed by atoms with Crippen LogP contribution >= 0.6 is 0 Å². The molecule has 0 saturated heterocycles. The molecule has 0 radical (unpaired) electrons. The van der Waals surface area contributed by atoms with E-state index in [1.165, 1.54) is 5.56 Å². The zero-order chi connectivity index (χ0) is 15.4. The molecule has 0 saturated carbocycles. The molecule has 0 aromatic carbocycles. The Morgan fingerprint density at radius 1 is 1.24 bits per heavy atom. The molecule has 1 unspecified atom stereocenters. The van der Waals surface area contributed by atoms with E-state index in [1.807, 2.05) is 4.68 Å². The molecule has 5 nitrogen and oxygen atoms in total. The average molecular weight is 289 g/mol. The van der Waals surface area contributed by atoms with E-state index in [-0.39, 0.29) is 0 Å². The number of aromatic nitrogens is 4. The normalized spacial score (nSPS) is 13.3. The minimum atomic E-state index is 0.336. The molecule has 0 aliphatic heterocycles. The molecule has 0 spiro atoms. The first-order valence-corrected chi connectivity index (χ1v) is 7.80. The first-order chi connectivity index (χ1) is 10.0. The maximum atomic E-state index is 4.37. The van der Waals surface area contributed by atoms with Crippen LogP contribution in [0.1, 0.15) is 58.1 Å². The van der Waals surface area contributed by atoms with E-state index in [2.05, 4.69) is 73.0 Å². The second-order valence-corrected chi connectivity index (χ2v) is 6.11. The number of nitrogens with zero attached hydrogens (tertiary/aromatic N) is 4. The smallest absolute Gasteiger partial charge is 0.147 e. The van der Waals surface area contributed by atoms with E-state index in [0.717, 1.165) is 18.9 Å². The number of hydrogen-bond acceptors (Lipinski definition) is 3. The third-order valence-electron chi connectivity index (χ3n) is 3.68. The molecule has 1 N–H and O–H groups in total. The molecule has 0 fully saturated rings. The van der Waals surface area contributed by atoms with E-state index < -0.39 is 0 Å². The number of rotatable bonds is 7. The van der Waals surface area contributed by atoms with Gasteiger partial charge in [0.1, 0.15) is 12.2 Å². The summed E-state index contributed by atoms with van der Waals surface area (Å²) < 4.78 is 4.16. The number of hydrogen-bond donors (Lipinski definition) is 1. The predicted molar refractivity (Wildman–Crippen MR) is 85.2 cm³/mol. The molecule has 2 aromatic rings. The van der Waals surface area contributed by atoms with Crippen molar-refractivity contribution in [3.05, 3.63) is 36.2 Å². The van der Waals surface area contributed by atoms with Crippen LogP contribution in [0.25, 0.3) is 0 Å². The van der Waals surface area contributed by atoms with E-state index in [0.29, 0.717) is 18.0 Å². The van der Waals surface area contributed by atoms with Crippen molar-refractivity contribution in [2.75, 3.05) is 6.54 Å². The third kappa shape index (κ3) is 3.73. The van der Waals surface area contributed by atoms with Crippen LogP contribution in [0.4, 0.5) is 0 Å². The van der Waals surface area contributed by atoms with Gasteiger partial charge in [-0.1, -0.05) is 20.8 Å². The molecule has 116 valence electrons. The predicted octanol–water partition coefficient (Wildman–Crippen LogP) is 3.02. The lowest BCUT2D eigenvalue weighted by Gasteiger charge is -2.20. The first kappa shape index (κ1) is 15.8. The highest BCUT2D eigenvalue weighted by atomic mass is 15.4. The second kappa shape index (κ2) is 6.89. The largest absolute Gasteiger partial charge is 0.346 e. The summed E-state index contributed by atoms with van der Waals surface area (Å²) in [4.78, 5) is 4.37. The van der Waals surface area contributed by atoms with E-state index >= 15 is 0 Å². The highest BCUT2D eigenvalue weighted by Gasteiger charge is 2.16. The van der Waals surface area contributed by atoms with Crippen molar-refractivity contribution >= 4 is 0 Å². The fraction of sp³-hybridized carbons (Fsp3) is 0.625. The van der Waals surface area contributed by atoms with Crippen LogP contribution in [-0.4, -0.2) is 25.9 Å². The van der Waals surface area contributed by atoms with Gasteiger partial charge in [-0.2, -0.15) is 5.10 Å². The van der Waals surface area contributed by atoms with Gasteiger partial charge >= 0.3 is 0 Å². The minimum Gasteiger partial charge on any atom is -0.346 e. The van der Waals surface area contributed by atoms with Crippen molar-refractivity contribution in [3.8, 4) is 0 Å². The fourth-order valence-corrected chi connectivity index (χ4v) is 2.68. The summed E-state index contributed by atoms with van der Waals surface area (Å²) in [7, 11) is 0. The van der Waals surface area contributed by atoms with E-state index in [1.54, 1.807) is 6.33 Å². The lowest BCUT2D eigenvalue weighted by Crippen LogP contribution is -2.25. The van der Waals surface area contributed by atoms with Crippen LogP contribution in [-0.2, 0) is 6.54 Å². The Morgan fingerprint density at radius 3 is 2.62 bits per heavy atom. The summed E-state index contributed by atoms with van der Waals surface area (Å²) in [6.45, 7) is 12.6. The molecule has 0 bridgehead atoms. The maximum absolute atomic E-state index is 4.37. The summed E-state index contributed by atoms with van der Waals surface area (Å²) >= 11 is 0. The SMILES string of the molecule is CCNC(c1ccn(Cc2ncnn2C(C)C)c1)C(C)C. The van der Waals surface area contributed by atoms with E-state index in [4.69, 9.17) is 0 Å². The summed E-state index contributed by atoms with van der Waals surface area (Å²) in [6, 6.07) is 2.94. The Morgan fingerprint density at radius 2 is 2.00 bits per heavy atom. The van der Waals surface area contributed by atoms with Gasteiger partial charge in [0, 0.05) is 24.5 Å². The Balaban J connectivity index is 2.14. The van der Waals surface area contributed by atoms with Crippen LogP contribution in [0, 0.1) is 5.92 Å². The summed E-state index contributed by atoms with van der Waals surface area (Å²) in [5, 5.41) is 7.84. The molecule has 1 atom stereocenters. The zero-order valence-electron chi connectivity index (χ0n) is 13.7. The fourth-order valence-electron chi connectivity index (χ4n) is 2.68. The van der Waals surface area contributed by atoms with E-state index in [9.17, 15) is 0 Å². The van der Waals surface area contributed by atoms with Gasteiger partial charge in [-0.05, 0) is 37.9 Å². The highest BCUT2D eigenvalue weighted by Crippen LogP contribution is 2.22. The molecule has 5 heteroatoms. The van der Waals surface area contributed by atoms with Crippen LogP contribution < -0.4 is 5.32 Å². The summed E-state index contributed by atoms with van der Waals surface area (Å²) in [5.74, 6) is 1.57. The van der Waals surface area contributed by atoms with Gasteiger partial charge in [-0.3, -0.25) is 0 Å². The average Bonchev–Trinajstić information content (AvgIpc) is 3.05. The van der Waals surface area contributed by atoms with Crippen molar-refractivity contribution in [3.63, 3.8) is 0 Å². The topological polar surface area (TPSA) is 47.7 Å².